The molecule has 1 amide bonds. The third-order valence-electron chi connectivity index (χ3n) is 4.85. The minimum atomic E-state index is -3.68. The Balaban J connectivity index is 1.65. The van der Waals surface area contributed by atoms with Gasteiger partial charge in [0.2, 0.25) is 0 Å². The number of nitrogens with zero attached hydrogens (tertiary/aromatic N) is 1. The van der Waals surface area contributed by atoms with Gasteiger partial charge in [0.25, 0.3) is 15.9 Å². The van der Waals surface area contributed by atoms with Crippen molar-refractivity contribution in [2.45, 2.75) is 25.7 Å². The summed E-state index contributed by atoms with van der Waals surface area (Å²) < 4.78 is 32.9. The van der Waals surface area contributed by atoms with Gasteiger partial charge in [-0.3, -0.25) is 9.10 Å². The molecule has 0 heterocycles. The Bertz CT molecular complexity index is 1190. The lowest BCUT2D eigenvalue weighted by atomic mass is 10.2. The molecule has 3 aromatic carbocycles. The van der Waals surface area contributed by atoms with Crippen LogP contribution in [0.1, 0.15) is 18.1 Å². The van der Waals surface area contributed by atoms with Crippen LogP contribution in [0.4, 0.5) is 11.4 Å². The van der Waals surface area contributed by atoms with Gasteiger partial charge in [0.05, 0.1) is 10.6 Å². The smallest absolute Gasteiger partial charge is 0.264 e. The average molecular weight is 473 g/mol. The highest BCUT2D eigenvalue weighted by atomic mass is 35.5. The summed E-state index contributed by atoms with van der Waals surface area (Å²) in [4.78, 5) is 12.4. The Hall–Kier alpha value is -3.03. The summed E-state index contributed by atoms with van der Waals surface area (Å²) in [6.07, 6.45) is 0. The van der Waals surface area contributed by atoms with Gasteiger partial charge in [0, 0.05) is 17.3 Å². The monoisotopic (exact) mass is 472 g/mol. The van der Waals surface area contributed by atoms with E-state index in [9.17, 15) is 13.2 Å². The van der Waals surface area contributed by atoms with E-state index in [0.29, 0.717) is 22.1 Å². The Morgan fingerprint density at radius 3 is 2.25 bits per heavy atom. The number of nitrogens with one attached hydrogen (secondary N) is 1. The lowest BCUT2D eigenvalue weighted by Crippen LogP contribution is -2.30. The zero-order chi connectivity index (χ0) is 23.3. The van der Waals surface area contributed by atoms with Gasteiger partial charge in [0.15, 0.2) is 6.61 Å². The maximum absolute atomic E-state index is 13.0. The number of ether oxygens (including phenoxy) is 1. The molecule has 6 nitrogen and oxygen atoms in total. The molecule has 0 spiro atoms. The number of benzene rings is 3. The zero-order valence-corrected chi connectivity index (χ0v) is 19.7. The van der Waals surface area contributed by atoms with Crippen LogP contribution in [0.3, 0.4) is 0 Å². The predicted molar refractivity (Wildman–Crippen MR) is 128 cm³/mol. The molecular weight excluding hydrogens is 448 g/mol. The van der Waals surface area contributed by atoms with Crippen LogP contribution in [0.15, 0.2) is 71.6 Å². The summed E-state index contributed by atoms with van der Waals surface area (Å²) in [7, 11) is -3.68. The second-order valence-corrected chi connectivity index (χ2v) is 9.57. The number of carbonyl (C=O) groups is 1. The molecule has 0 aromatic heterocycles. The van der Waals surface area contributed by atoms with Gasteiger partial charge in [-0.25, -0.2) is 8.42 Å². The fraction of sp³-hybridized carbons (Fsp3) is 0.208. The summed E-state index contributed by atoms with van der Waals surface area (Å²) >= 11 is 5.93. The minimum absolute atomic E-state index is 0.180. The molecule has 3 rings (SSSR count). The number of sulfonamides is 1. The third kappa shape index (κ3) is 5.60. The topological polar surface area (TPSA) is 75.7 Å². The molecule has 168 valence electrons. The van der Waals surface area contributed by atoms with Gasteiger partial charge in [-0.1, -0.05) is 29.3 Å². The normalized spacial score (nSPS) is 11.1. The lowest BCUT2D eigenvalue weighted by Gasteiger charge is -2.23. The van der Waals surface area contributed by atoms with E-state index in [1.54, 1.807) is 73.7 Å². The van der Waals surface area contributed by atoms with Gasteiger partial charge in [-0.15, -0.1) is 0 Å². The van der Waals surface area contributed by atoms with Crippen molar-refractivity contribution in [3.63, 3.8) is 0 Å². The molecule has 0 unspecified atom stereocenters. The molecule has 32 heavy (non-hydrogen) atoms. The Kier molecular flexibility index (Phi) is 7.43. The number of hydrogen-bond acceptors (Lipinski definition) is 4. The number of carbonyl (C=O) groups excluding carboxylic acids is 1. The van der Waals surface area contributed by atoms with Crippen LogP contribution in [0, 0.1) is 13.8 Å². The quantitative estimate of drug-likeness (QED) is 0.489. The van der Waals surface area contributed by atoms with Gasteiger partial charge in [-0.2, -0.15) is 0 Å². The molecule has 0 bridgehead atoms. The first-order valence-electron chi connectivity index (χ1n) is 10.1. The van der Waals surface area contributed by atoms with E-state index in [1.807, 2.05) is 13.8 Å². The number of hydrogen-bond donors (Lipinski definition) is 1. The first kappa shape index (κ1) is 23.6. The molecule has 3 aromatic rings. The second kappa shape index (κ2) is 10.1. The fourth-order valence-corrected chi connectivity index (χ4v) is 4.84. The molecule has 0 aliphatic rings. The van der Waals surface area contributed by atoms with Crippen LogP contribution in [-0.2, 0) is 14.8 Å². The summed E-state index contributed by atoms with van der Waals surface area (Å²) in [5.74, 6) is 0.150. The van der Waals surface area contributed by atoms with Crippen LogP contribution in [0.5, 0.6) is 5.75 Å². The van der Waals surface area contributed by atoms with Crippen molar-refractivity contribution < 1.29 is 17.9 Å². The molecule has 0 fully saturated rings. The minimum Gasteiger partial charge on any atom is -0.484 e. The van der Waals surface area contributed by atoms with Crippen molar-refractivity contribution in [1.29, 1.82) is 0 Å². The van der Waals surface area contributed by atoms with E-state index in [0.717, 1.165) is 11.1 Å². The molecule has 0 radical (unpaired) electrons. The van der Waals surface area contributed by atoms with Crippen LogP contribution in [0.2, 0.25) is 5.02 Å². The number of anilines is 2. The fourth-order valence-electron chi connectivity index (χ4n) is 3.14. The first-order chi connectivity index (χ1) is 15.2. The summed E-state index contributed by atoms with van der Waals surface area (Å²) in [5.41, 5.74) is 3.02. The number of rotatable bonds is 8. The van der Waals surface area contributed by atoms with Crippen LogP contribution in [-0.4, -0.2) is 27.5 Å². The van der Waals surface area contributed by atoms with Crippen LogP contribution in [0.25, 0.3) is 0 Å². The molecule has 0 atom stereocenters. The van der Waals surface area contributed by atoms with Gasteiger partial charge < -0.3 is 10.1 Å². The number of aryl methyl sites for hydroxylation is 2. The van der Waals surface area contributed by atoms with E-state index in [4.69, 9.17) is 16.3 Å². The highest BCUT2D eigenvalue weighted by Crippen LogP contribution is 2.26. The molecule has 0 saturated carbocycles. The highest BCUT2D eigenvalue weighted by molar-refractivity contribution is 7.92. The van der Waals surface area contributed by atoms with Gasteiger partial charge >= 0.3 is 0 Å². The third-order valence-corrected chi connectivity index (χ3v) is 7.01. The van der Waals surface area contributed by atoms with Gasteiger partial charge in [0.1, 0.15) is 5.75 Å². The maximum Gasteiger partial charge on any atom is 0.264 e. The van der Waals surface area contributed by atoms with Crippen molar-refractivity contribution in [1.82, 2.24) is 0 Å². The van der Waals surface area contributed by atoms with E-state index >= 15 is 0 Å². The summed E-state index contributed by atoms with van der Waals surface area (Å²) in [5, 5.41) is 3.38. The SMILES string of the molecule is CCN(c1ccc(OCC(=O)Nc2ccc(Cl)cc2C)cc1)S(=O)(=O)c1ccc(C)cc1. The number of halogens is 1. The van der Waals surface area contributed by atoms with Crippen molar-refractivity contribution in [2.24, 2.45) is 0 Å². The average Bonchev–Trinajstić information content (AvgIpc) is 2.76. The van der Waals surface area contributed by atoms with Crippen molar-refractivity contribution in [3.05, 3.63) is 82.9 Å². The van der Waals surface area contributed by atoms with E-state index < -0.39 is 10.0 Å². The van der Waals surface area contributed by atoms with E-state index in [-0.39, 0.29) is 24.0 Å². The van der Waals surface area contributed by atoms with Crippen molar-refractivity contribution in [3.8, 4) is 5.75 Å². The summed E-state index contributed by atoms with van der Waals surface area (Å²) in [6.45, 7) is 5.63. The van der Waals surface area contributed by atoms with Crippen molar-refractivity contribution in [2.75, 3.05) is 22.8 Å². The number of amides is 1. The molecule has 0 saturated heterocycles. The van der Waals surface area contributed by atoms with E-state index in [1.165, 1.54) is 4.31 Å². The van der Waals surface area contributed by atoms with E-state index in [2.05, 4.69) is 5.32 Å². The predicted octanol–water partition coefficient (Wildman–Crippen LogP) is 5.19. The molecule has 8 heteroatoms. The maximum atomic E-state index is 13.0. The van der Waals surface area contributed by atoms with Crippen molar-refractivity contribution >= 4 is 38.9 Å². The van der Waals surface area contributed by atoms with Gasteiger partial charge in [-0.05, 0) is 80.9 Å². The second-order valence-electron chi connectivity index (χ2n) is 7.27. The van der Waals surface area contributed by atoms with Crippen LogP contribution < -0.4 is 14.4 Å². The largest absolute Gasteiger partial charge is 0.484 e. The zero-order valence-electron chi connectivity index (χ0n) is 18.1. The Labute approximate surface area is 193 Å². The van der Waals surface area contributed by atoms with Crippen LogP contribution >= 0.6 is 11.6 Å². The first-order valence-corrected chi connectivity index (χ1v) is 11.9. The summed E-state index contributed by atoms with van der Waals surface area (Å²) in [6, 6.07) is 18.6. The Morgan fingerprint density at radius 2 is 1.66 bits per heavy atom. The molecule has 0 aliphatic heterocycles. The standard InChI is InChI=1S/C24H25ClN2O4S/c1-4-27(32(29,30)22-12-5-17(2)6-13-22)20-8-10-21(11-9-20)31-16-24(28)26-23-14-7-19(25)15-18(23)3/h5-15H,4,16H2,1-3H3,(H,26,28). The lowest BCUT2D eigenvalue weighted by molar-refractivity contribution is -0.118. The molecular formula is C24H25ClN2O4S. The highest BCUT2D eigenvalue weighted by Gasteiger charge is 2.23. The molecule has 1 N–H and O–H groups in total. The Morgan fingerprint density at radius 1 is 1.00 bits per heavy atom. The molecule has 0 aliphatic carbocycles.